The number of esters is 1. The van der Waals surface area contributed by atoms with Crippen LogP contribution in [0, 0.1) is 17.3 Å². The van der Waals surface area contributed by atoms with Crippen LogP contribution in [0.15, 0.2) is 17.1 Å². The molecular formula is C22H32F3NO3. The molecule has 0 aliphatic heterocycles. The van der Waals surface area contributed by atoms with Gasteiger partial charge in [-0.1, -0.05) is 27.7 Å². The fourth-order valence-corrected chi connectivity index (χ4v) is 4.37. The van der Waals surface area contributed by atoms with Crippen molar-refractivity contribution in [2.45, 2.75) is 78.9 Å². The number of carbonyl (C=O) groups is 1. The number of carbonyl (C=O) groups excluding carboxylic acids is 1. The minimum atomic E-state index is -4.61. The minimum Gasteiger partial charge on any atom is -0.464 e. The zero-order chi connectivity index (χ0) is 22.0. The maximum atomic E-state index is 13.6. The Labute approximate surface area is 170 Å². The van der Waals surface area contributed by atoms with Crippen molar-refractivity contribution in [3.8, 4) is 0 Å². The number of alkyl halides is 3. The first-order valence-corrected chi connectivity index (χ1v) is 10.3. The van der Waals surface area contributed by atoms with E-state index in [4.69, 9.17) is 4.74 Å². The molecule has 164 valence electrons. The number of halogens is 3. The van der Waals surface area contributed by atoms with E-state index in [0.717, 1.165) is 17.4 Å². The van der Waals surface area contributed by atoms with Crippen molar-refractivity contribution in [3.05, 3.63) is 33.7 Å². The second kappa shape index (κ2) is 8.92. The third kappa shape index (κ3) is 6.09. The summed E-state index contributed by atoms with van der Waals surface area (Å²) in [5.41, 5.74) is -1.41. The van der Waals surface area contributed by atoms with Crippen LogP contribution < -0.4 is 5.56 Å². The van der Waals surface area contributed by atoms with Gasteiger partial charge < -0.3 is 9.30 Å². The second-order valence-electron chi connectivity index (χ2n) is 9.33. The Bertz CT molecular complexity index is 772. The molecule has 1 fully saturated rings. The number of aryl methyl sites for hydroxylation is 1. The van der Waals surface area contributed by atoms with Crippen molar-refractivity contribution in [1.29, 1.82) is 0 Å². The Morgan fingerprint density at radius 3 is 2.41 bits per heavy atom. The average Bonchev–Trinajstić information content (AvgIpc) is 2.55. The fraction of sp³-hybridized carbons (Fsp3) is 0.727. The summed E-state index contributed by atoms with van der Waals surface area (Å²) in [6.45, 7) is 9.89. The van der Waals surface area contributed by atoms with Crippen LogP contribution >= 0.6 is 0 Å². The molecule has 0 N–H and O–H groups in total. The molecule has 0 amide bonds. The van der Waals surface area contributed by atoms with E-state index in [0.29, 0.717) is 24.8 Å². The molecular weight excluding hydrogens is 383 g/mol. The summed E-state index contributed by atoms with van der Waals surface area (Å²) >= 11 is 0. The van der Waals surface area contributed by atoms with E-state index in [1.165, 1.54) is 6.20 Å². The summed E-state index contributed by atoms with van der Waals surface area (Å²) in [5.74, 6) is -0.128. The van der Waals surface area contributed by atoms with Gasteiger partial charge in [-0.25, -0.2) is 4.79 Å². The lowest BCUT2D eigenvalue weighted by molar-refractivity contribution is -0.147. The van der Waals surface area contributed by atoms with Gasteiger partial charge in [-0.3, -0.25) is 4.79 Å². The quantitative estimate of drug-likeness (QED) is 0.535. The number of pyridine rings is 1. The van der Waals surface area contributed by atoms with E-state index < -0.39 is 29.3 Å². The molecule has 1 aromatic heterocycles. The summed E-state index contributed by atoms with van der Waals surface area (Å²) < 4.78 is 46.9. The zero-order valence-electron chi connectivity index (χ0n) is 17.9. The second-order valence-corrected chi connectivity index (χ2v) is 9.33. The molecule has 1 saturated carbocycles. The highest BCUT2D eigenvalue weighted by Crippen LogP contribution is 2.47. The molecule has 2 rings (SSSR count). The lowest BCUT2D eigenvalue weighted by Gasteiger charge is -2.43. The van der Waals surface area contributed by atoms with E-state index in [1.807, 2.05) is 13.8 Å². The summed E-state index contributed by atoms with van der Waals surface area (Å²) in [4.78, 5) is 24.9. The van der Waals surface area contributed by atoms with Gasteiger partial charge >= 0.3 is 12.1 Å². The Morgan fingerprint density at radius 1 is 1.31 bits per heavy atom. The van der Waals surface area contributed by atoms with E-state index in [-0.39, 0.29) is 29.9 Å². The van der Waals surface area contributed by atoms with Gasteiger partial charge in [-0.15, -0.1) is 0 Å². The Morgan fingerprint density at radius 2 is 1.93 bits per heavy atom. The first-order valence-electron chi connectivity index (χ1n) is 10.3. The third-order valence-electron chi connectivity index (χ3n) is 5.56. The molecule has 1 heterocycles. The van der Waals surface area contributed by atoms with Gasteiger partial charge in [-0.05, 0) is 61.8 Å². The van der Waals surface area contributed by atoms with Gasteiger partial charge in [0.2, 0.25) is 0 Å². The molecule has 0 saturated heterocycles. The van der Waals surface area contributed by atoms with Gasteiger partial charge in [0.1, 0.15) is 6.04 Å². The van der Waals surface area contributed by atoms with Gasteiger partial charge in [0.15, 0.2) is 0 Å². The lowest BCUT2D eigenvalue weighted by Crippen LogP contribution is -2.34. The van der Waals surface area contributed by atoms with E-state index >= 15 is 0 Å². The Hall–Kier alpha value is -1.79. The molecule has 0 aromatic carbocycles. The third-order valence-corrected chi connectivity index (χ3v) is 5.56. The largest absolute Gasteiger partial charge is 0.464 e. The summed E-state index contributed by atoms with van der Waals surface area (Å²) in [7, 11) is 0. The van der Waals surface area contributed by atoms with Crippen LogP contribution in [0.25, 0.3) is 0 Å². The molecule has 0 spiro atoms. The van der Waals surface area contributed by atoms with Crippen molar-refractivity contribution in [2.24, 2.45) is 17.3 Å². The Kier molecular flexibility index (Phi) is 7.23. The van der Waals surface area contributed by atoms with Crippen molar-refractivity contribution in [3.63, 3.8) is 0 Å². The molecule has 4 nitrogen and oxygen atoms in total. The molecule has 1 aromatic rings. The highest BCUT2D eigenvalue weighted by molar-refractivity contribution is 5.74. The minimum absolute atomic E-state index is 0.0688. The highest BCUT2D eigenvalue weighted by Gasteiger charge is 2.38. The normalized spacial score (nSPS) is 17.8. The summed E-state index contributed by atoms with van der Waals surface area (Å²) in [6.07, 6.45) is -0.200. The molecule has 1 aliphatic carbocycles. The number of hydrogen-bond acceptors (Lipinski definition) is 3. The average molecular weight is 415 g/mol. The zero-order valence-corrected chi connectivity index (χ0v) is 17.9. The predicted molar refractivity (Wildman–Crippen MR) is 106 cm³/mol. The summed E-state index contributed by atoms with van der Waals surface area (Å²) in [6, 6.07) is -0.293. The number of rotatable bonds is 8. The molecule has 29 heavy (non-hydrogen) atoms. The topological polar surface area (TPSA) is 48.3 Å². The first-order chi connectivity index (χ1) is 13.3. The number of ether oxygens (including phenoxy) is 1. The van der Waals surface area contributed by atoms with E-state index in [2.05, 4.69) is 13.8 Å². The van der Waals surface area contributed by atoms with Crippen molar-refractivity contribution in [1.82, 2.24) is 4.57 Å². The van der Waals surface area contributed by atoms with Crippen LogP contribution in [0.5, 0.6) is 0 Å². The highest BCUT2D eigenvalue weighted by atomic mass is 19.4. The maximum Gasteiger partial charge on any atom is 0.416 e. The first kappa shape index (κ1) is 23.5. The maximum absolute atomic E-state index is 13.6. The number of nitrogens with zero attached hydrogens (tertiary/aromatic N) is 1. The fourth-order valence-electron chi connectivity index (χ4n) is 4.37. The molecule has 7 heteroatoms. The lowest BCUT2D eigenvalue weighted by atomic mass is 9.63. The predicted octanol–water partition coefficient (Wildman–Crippen LogP) is 5.39. The monoisotopic (exact) mass is 415 g/mol. The Balaban J connectivity index is 2.39. The molecule has 1 unspecified atom stereocenters. The molecule has 0 radical (unpaired) electrons. The van der Waals surface area contributed by atoms with Crippen LogP contribution in [0.2, 0.25) is 0 Å². The molecule has 1 atom stereocenters. The van der Waals surface area contributed by atoms with Crippen LogP contribution in [-0.4, -0.2) is 17.1 Å². The summed E-state index contributed by atoms with van der Waals surface area (Å²) in [5, 5.41) is 0. The van der Waals surface area contributed by atoms with E-state index in [9.17, 15) is 22.8 Å². The van der Waals surface area contributed by atoms with Gasteiger partial charge in [0, 0.05) is 12.3 Å². The van der Waals surface area contributed by atoms with Crippen LogP contribution in [0.4, 0.5) is 13.2 Å². The molecule has 1 aliphatic rings. The SMILES string of the molecule is CCOC(=O)C(CC(C)C)n1cc(CCC2CC(C)(C)C2)c(C(F)(F)F)cc1=O. The van der Waals surface area contributed by atoms with Crippen molar-refractivity contribution < 1.29 is 22.7 Å². The van der Waals surface area contributed by atoms with Crippen molar-refractivity contribution >= 4 is 5.97 Å². The number of hydrogen-bond donors (Lipinski definition) is 0. The van der Waals surface area contributed by atoms with Crippen molar-refractivity contribution in [2.75, 3.05) is 6.61 Å². The van der Waals surface area contributed by atoms with Gasteiger partial charge in [-0.2, -0.15) is 13.2 Å². The number of aromatic nitrogens is 1. The van der Waals surface area contributed by atoms with Crippen LogP contribution in [-0.2, 0) is 22.1 Å². The van der Waals surface area contributed by atoms with Crippen LogP contribution in [0.3, 0.4) is 0 Å². The molecule has 0 bridgehead atoms. The van der Waals surface area contributed by atoms with E-state index in [1.54, 1.807) is 6.92 Å². The van der Waals surface area contributed by atoms with Crippen LogP contribution in [0.1, 0.15) is 77.5 Å². The standard InChI is InChI=1S/C22H32F3NO3/c1-6-29-20(28)18(9-14(2)3)26-13-16(8-7-15-11-21(4,5)12-15)17(10-19(26)27)22(23,24)25/h10,13-15,18H,6-9,11-12H2,1-5H3. The van der Waals surface area contributed by atoms with Gasteiger partial charge in [0.25, 0.3) is 5.56 Å². The van der Waals surface area contributed by atoms with Gasteiger partial charge in [0.05, 0.1) is 12.2 Å². The smallest absolute Gasteiger partial charge is 0.416 e.